The van der Waals surface area contributed by atoms with Crippen LogP contribution in [0.2, 0.25) is 0 Å². The predicted octanol–water partition coefficient (Wildman–Crippen LogP) is 3.41. The zero-order valence-corrected chi connectivity index (χ0v) is 22.3. The Hall–Kier alpha value is -3.07. The first-order valence-corrected chi connectivity index (χ1v) is 13.6. The van der Waals surface area contributed by atoms with E-state index >= 15 is 0 Å². The summed E-state index contributed by atoms with van der Waals surface area (Å²) in [5.41, 5.74) is 2.98. The van der Waals surface area contributed by atoms with Crippen LogP contribution in [0.25, 0.3) is 0 Å². The maximum absolute atomic E-state index is 13.6. The molecule has 1 atom stereocenters. The summed E-state index contributed by atoms with van der Waals surface area (Å²) in [5, 5.41) is 2.87. The fourth-order valence-corrected chi connectivity index (χ4v) is 4.56. The second-order valence-electron chi connectivity index (χ2n) is 8.78. The quantitative estimate of drug-likeness (QED) is 0.448. The Balaban J connectivity index is 2.42. The molecular formula is C26H37N3O5S. The minimum absolute atomic E-state index is 0.172. The van der Waals surface area contributed by atoms with Crippen LogP contribution >= 0.6 is 0 Å². The molecule has 0 fully saturated rings. The van der Waals surface area contributed by atoms with Crippen LogP contribution in [0.5, 0.6) is 5.75 Å². The molecule has 1 N–H and O–H groups in total. The number of benzene rings is 2. The second kappa shape index (κ2) is 12.6. The molecule has 0 aromatic heterocycles. The summed E-state index contributed by atoms with van der Waals surface area (Å²) in [7, 11) is -2.39. The lowest BCUT2D eigenvalue weighted by molar-refractivity contribution is -0.139. The van der Waals surface area contributed by atoms with Crippen molar-refractivity contribution in [1.82, 2.24) is 10.2 Å². The van der Waals surface area contributed by atoms with Crippen LogP contribution < -0.4 is 14.4 Å². The van der Waals surface area contributed by atoms with Gasteiger partial charge in [-0.25, -0.2) is 8.42 Å². The van der Waals surface area contributed by atoms with Crippen LogP contribution in [-0.4, -0.2) is 57.6 Å². The third-order valence-electron chi connectivity index (χ3n) is 5.71. The number of carbonyl (C=O) groups excluding carboxylic acids is 2. The van der Waals surface area contributed by atoms with Crippen molar-refractivity contribution in [2.75, 3.05) is 30.8 Å². The van der Waals surface area contributed by atoms with Gasteiger partial charge in [-0.05, 0) is 50.5 Å². The highest BCUT2D eigenvalue weighted by molar-refractivity contribution is 7.92. The van der Waals surface area contributed by atoms with Gasteiger partial charge in [0.05, 0.1) is 19.1 Å². The number of sulfonamides is 1. The summed E-state index contributed by atoms with van der Waals surface area (Å²) in [6.45, 7) is 7.70. The molecule has 35 heavy (non-hydrogen) atoms. The molecule has 9 heteroatoms. The number of amides is 2. The fraction of sp³-hybridized carbons (Fsp3) is 0.462. The normalized spacial score (nSPS) is 12.1. The molecule has 0 heterocycles. The molecule has 2 aromatic rings. The molecule has 0 bridgehead atoms. The number of anilines is 1. The highest BCUT2D eigenvalue weighted by atomic mass is 32.2. The van der Waals surface area contributed by atoms with Crippen molar-refractivity contribution in [3.63, 3.8) is 0 Å². The van der Waals surface area contributed by atoms with E-state index in [0.717, 1.165) is 40.1 Å². The number of unbranched alkanes of at least 4 members (excludes halogenated alkanes) is 1. The van der Waals surface area contributed by atoms with E-state index < -0.39 is 28.5 Å². The second-order valence-corrected chi connectivity index (χ2v) is 10.7. The molecule has 0 saturated heterocycles. The van der Waals surface area contributed by atoms with Crippen molar-refractivity contribution in [2.45, 2.75) is 53.1 Å². The smallest absolute Gasteiger partial charge is 0.244 e. The molecule has 0 aliphatic carbocycles. The summed E-state index contributed by atoms with van der Waals surface area (Å²) in [6.07, 6.45) is 2.81. The van der Waals surface area contributed by atoms with Crippen molar-refractivity contribution < 1.29 is 22.7 Å². The van der Waals surface area contributed by atoms with Gasteiger partial charge in [-0.3, -0.25) is 13.9 Å². The zero-order chi connectivity index (χ0) is 26.2. The third kappa shape index (κ3) is 7.99. The van der Waals surface area contributed by atoms with Gasteiger partial charge in [-0.15, -0.1) is 0 Å². The van der Waals surface area contributed by atoms with E-state index in [9.17, 15) is 18.0 Å². The van der Waals surface area contributed by atoms with Crippen LogP contribution in [-0.2, 0) is 26.2 Å². The number of nitrogens with one attached hydrogen (secondary N) is 1. The average molecular weight is 504 g/mol. The molecule has 8 nitrogen and oxygen atoms in total. The summed E-state index contributed by atoms with van der Waals surface area (Å²) in [4.78, 5) is 27.9. The van der Waals surface area contributed by atoms with Gasteiger partial charge in [0.15, 0.2) is 0 Å². The van der Waals surface area contributed by atoms with Gasteiger partial charge < -0.3 is 15.0 Å². The van der Waals surface area contributed by atoms with E-state index in [1.54, 1.807) is 25.1 Å². The van der Waals surface area contributed by atoms with E-state index in [1.165, 1.54) is 12.0 Å². The summed E-state index contributed by atoms with van der Waals surface area (Å²) in [6, 6.07) is 12.0. The summed E-state index contributed by atoms with van der Waals surface area (Å²) < 4.78 is 31.9. The van der Waals surface area contributed by atoms with Crippen LogP contribution in [0.15, 0.2) is 42.5 Å². The van der Waals surface area contributed by atoms with Crippen LogP contribution in [0.1, 0.15) is 43.4 Å². The number of ether oxygens (including phenoxy) is 1. The molecule has 192 valence electrons. The Morgan fingerprint density at radius 2 is 1.77 bits per heavy atom. The van der Waals surface area contributed by atoms with Gasteiger partial charge in [0, 0.05) is 13.1 Å². The molecule has 2 rings (SSSR count). The Labute approximate surface area is 209 Å². The van der Waals surface area contributed by atoms with E-state index in [0.29, 0.717) is 12.3 Å². The van der Waals surface area contributed by atoms with Crippen molar-refractivity contribution in [3.05, 3.63) is 59.2 Å². The Bertz CT molecular complexity index is 1130. The first-order chi connectivity index (χ1) is 16.5. The standard InChI is InChI=1S/C26H37N3O5S/c1-7-8-14-27-26(31)21(4)28(17-22-11-9-10-19(2)15-22)25(30)18-29(35(6,32)33)23-16-20(3)12-13-24(23)34-5/h9-13,15-16,21H,7-8,14,17-18H2,1-6H3,(H,27,31)/t21-/m1/s1. The maximum Gasteiger partial charge on any atom is 0.244 e. The number of aryl methyl sites for hydroxylation is 2. The van der Waals surface area contributed by atoms with Crippen molar-refractivity contribution in [1.29, 1.82) is 0 Å². The molecule has 0 radical (unpaired) electrons. The minimum Gasteiger partial charge on any atom is -0.495 e. The molecular weight excluding hydrogens is 466 g/mol. The summed E-state index contributed by atoms with van der Waals surface area (Å²) >= 11 is 0. The predicted molar refractivity (Wildman–Crippen MR) is 139 cm³/mol. The number of hydrogen-bond donors (Lipinski definition) is 1. The Kier molecular flexibility index (Phi) is 10.1. The number of hydrogen-bond acceptors (Lipinski definition) is 5. The van der Waals surface area contributed by atoms with E-state index in [4.69, 9.17) is 4.74 Å². The topological polar surface area (TPSA) is 96.0 Å². The molecule has 0 aliphatic heterocycles. The summed E-state index contributed by atoms with van der Waals surface area (Å²) in [5.74, 6) is -0.429. The van der Waals surface area contributed by atoms with E-state index in [2.05, 4.69) is 5.32 Å². The average Bonchev–Trinajstić information content (AvgIpc) is 2.79. The maximum atomic E-state index is 13.6. The minimum atomic E-state index is -3.83. The van der Waals surface area contributed by atoms with Crippen LogP contribution in [0, 0.1) is 13.8 Å². The Morgan fingerprint density at radius 1 is 1.09 bits per heavy atom. The number of rotatable bonds is 12. The van der Waals surface area contributed by atoms with Crippen molar-refractivity contribution >= 4 is 27.5 Å². The number of methoxy groups -OCH3 is 1. The number of carbonyl (C=O) groups is 2. The van der Waals surface area contributed by atoms with Gasteiger partial charge in [-0.1, -0.05) is 49.2 Å². The first kappa shape index (κ1) is 28.2. The molecule has 0 spiro atoms. The van der Waals surface area contributed by atoms with Crippen molar-refractivity contribution in [3.8, 4) is 5.75 Å². The third-order valence-corrected chi connectivity index (χ3v) is 6.84. The molecule has 0 aliphatic rings. The highest BCUT2D eigenvalue weighted by Gasteiger charge is 2.31. The molecule has 2 aromatic carbocycles. The van der Waals surface area contributed by atoms with Crippen molar-refractivity contribution in [2.24, 2.45) is 0 Å². The molecule has 0 unspecified atom stereocenters. The first-order valence-electron chi connectivity index (χ1n) is 11.7. The van der Waals surface area contributed by atoms with E-state index in [-0.39, 0.29) is 18.1 Å². The van der Waals surface area contributed by atoms with Gasteiger partial charge in [0.25, 0.3) is 0 Å². The highest BCUT2D eigenvalue weighted by Crippen LogP contribution is 2.31. The zero-order valence-electron chi connectivity index (χ0n) is 21.5. The largest absolute Gasteiger partial charge is 0.495 e. The fourth-order valence-electron chi connectivity index (χ4n) is 3.72. The number of nitrogens with zero attached hydrogens (tertiary/aromatic N) is 2. The lowest BCUT2D eigenvalue weighted by atomic mass is 10.1. The Morgan fingerprint density at radius 3 is 2.37 bits per heavy atom. The van der Waals surface area contributed by atoms with Crippen LogP contribution in [0.4, 0.5) is 5.69 Å². The van der Waals surface area contributed by atoms with Crippen LogP contribution in [0.3, 0.4) is 0 Å². The lowest BCUT2D eigenvalue weighted by Gasteiger charge is -2.32. The molecule has 2 amide bonds. The van der Waals surface area contributed by atoms with Gasteiger partial charge in [0.1, 0.15) is 18.3 Å². The monoisotopic (exact) mass is 503 g/mol. The van der Waals surface area contributed by atoms with Gasteiger partial charge >= 0.3 is 0 Å². The lowest BCUT2D eigenvalue weighted by Crippen LogP contribution is -2.51. The molecule has 0 saturated carbocycles. The van der Waals surface area contributed by atoms with Gasteiger partial charge in [0.2, 0.25) is 21.8 Å². The SMILES string of the molecule is CCCCNC(=O)[C@@H](C)N(Cc1cccc(C)c1)C(=O)CN(c1cc(C)ccc1OC)S(C)(=O)=O. The van der Waals surface area contributed by atoms with E-state index in [1.807, 2.05) is 45.0 Å². The van der Waals surface area contributed by atoms with Gasteiger partial charge in [-0.2, -0.15) is 0 Å².